The van der Waals surface area contributed by atoms with E-state index in [1.165, 1.54) is 4.31 Å². The summed E-state index contributed by atoms with van der Waals surface area (Å²) in [6.07, 6.45) is 1.59. The molecule has 0 atom stereocenters. The molecule has 4 rings (SSSR count). The summed E-state index contributed by atoms with van der Waals surface area (Å²) in [5.41, 5.74) is 2.26. The molecule has 2 heterocycles. The predicted octanol–water partition coefficient (Wildman–Crippen LogP) is 2.81. The van der Waals surface area contributed by atoms with E-state index in [4.69, 9.17) is 9.15 Å². The molecule has 8 heteroatoms. The van der Waals surface area contributed by atoms with Crippen molar-refractivity contribution in [2.45, 2.75) is 0 Å². The van der Waals surface area contributed by atoms with Crippen LogP contribution in [0, 0.1) is 0 Å². The summed E-state index contributed by atoms with van der Waals surface area (Å²) in [5.74, 6) is -0.614. The van der Waals surface area contributed by atoms with E-state index in [-0.39, 0.29) is 18.4 Å². The van der Waals surface area contributed by atoms with E-state index in [1.807, 2.05) is 12.1 Å². The standard InChI is InChI=1S/C18H16N2O5S/c21-18(19-15-4-1-13-7-9-25-17(13)11-15)14-2-5-16(6-3-14)20-8-10-24-12-26(20,22)23/h1-7,9,11H,8,10,12H2,(H,19,21). The average Bonchev–Trinajstić information content (AvgIpc) is 3.09. The van der Waals surface area contributed by atoms with E-state index in [9.17, 15) is 13.2 Å². The van der Waals surface area contributed by atoms with Crippen molar-refractivity contribution in [1.29, 1.82) is 0 Å². The van der Waals surface area contributed by atoms with Gasteiger partial charge in [-0.2, -0.15) is 0 Å². The Kier molecular flexibility index (Phi) is 4.14. The number of furan rings is 1. The van der Waals surface area contributed by atoms with Crippen LogP contribution in [0.4, 0.5) is 11.4 Å². The van der Waals surface area contributed by atoms with Gasteiger partial charge in [0.2, 0.25) is 0 Å². The number of carbonyl (C=O) groups excluding carboxylic acids is 1. The van der Waals surface area contributed by atoms with Gasteiger partial charge in [0, 0.05) is 22.7 Å². The highest BCUT2D eigenvalue weighted by Gasteiger charge is 2.26. The molecular weight excluding hydrogens is 356 g/mol. The minimum atomic E-state index is -3.47. The van der Waals surface area contributed by atoms with Crippen molar-refractivity contribution in [3.05, 3.63) is 60.4 Å². The number of fused-ring (bicyclic) bond motifs is 1. The van der Waals surface area contributed by atoms with Crippen LogP contribution in [-0.2, 0) is 14.8 Å². The molecule has 0 radical (unpaired) electrons. The Morgan fingerprint density at radius 3 is 2.65 bits per heavy atom. The SMILES string of the molecule is O=C(Nc1ccc2ccoc2c1)c1ccc(N2CCOCS2(=O)=O)cc1. The molecule has 1 aliphatic rings. The highest BCUT2D eigenvalue weighted by atomic mass is 32.2. The third kappa shape index (κ3) is 3.16. The molecule has 0 aliphatic carbocycles. The Bertz CT molecular complexity index is 1060. The number of hydrogen-bond donors (Lipinski definition) is 1. The van der Waals surface area contributed by atoms with Gasteiger partial charge in [0.15, 0.2) is 5.94 Å². The smallest absolute Gasteiger partial charge is 0.259 e. The lowest BCUT2D eigenvalue weighted by atomic mass is 10.2. The Morgan fingerprint density at radius 2 is 1.88 bits per heavy atom. The van der Waals surface area contributed by atoms with E-state index in [0.29, 0.717) is 29.1 Å². The number of rotatable bonds is 3. The van der Waals surface area contributed by atoms with Crippen molar-refractivity contribution in [2.75, 3.05) is 28.7 Å². The maximum atomic E-state index is 12.4. The van der Waals surface area contributed by atoms with Crippen LogP contribution in [0.5, 0.6) is 0 Å². The summed E-state index contributed by atoms with van der Waals surface area (Å²) in [6.45, 7) is 0.605. The molecule has 1 aliphatic heterocycles. The molecule has 7 nitrogen and oxygen atoms in total. The van der Waals surface area contributed by atoms with Crippen LogP contribution >= 0.6 is 0 Å². The van der Waals surface area contributed by atoms with E-state index >= 15 is 0 Å². The Morgan fingerprint density at radius 1 is 1.08 bits per heavy atom. The van der Waals surface area contributed by atoms with Crippen molar-refractivity contribution >= 4 is 38.3 Å². The first-order chi connectivity index (χ1) is 12.5. The number of nitrogens with zero attached hydrogens (tertiary/aromatic N) is 1. The molecule has 1 amide bonds. The molecule has 3 aromatic rings. The number of benzene rings is 2. The predicted molar refractivity (Wildman–Crippen MR) is 97.7 cm³/mol. The van der Waals surface area contributed by atoms with Gasteiger partial charge in [0.1, 0.15) is 5.58 Å². The minimum Gasteiger partial charge on any atom is -0.464 e. The van der Waals surface area contributed by atoms with Gasteiger partial charge in [-0.05, 0) is 42.5 Å². The zero-order valence-electron chi connectivity index (χ0n) is 13.7. The third-order valence-electron chi connectivity index (χ3n) is 4.14. The van der Waals surface area contributed by atoms with Gasteiger partial charge in [-0.3, -0.25) is 9.10 Å². The molecule has 0 spiro atoms. The molecule has 1 aromatic heterocycles. The van der Waals surface area contributed by atoms with Crippen molar-refractivity contribution in [2.24, 2.45) is 0 Å². The average molecular weight is 372 g/mol. The topological polar surface area (TPSA) is 88.8 Å². The molecule has 26 heavy (non-hydrogen) atoms. The molecule has 0 saturated carbocycles. The van der Waals surface area contributed by atoms with Crippen LogP contribution in [-0.4, -0.2) is 33.4 Å². The lowest BCUT2D eigenvalue weighted by molar-refractivity contribution is 0.102. The second-order valence-electron chi connectivity index (χ2n) is 5.88. The second-order valence-corrected chi connectivity index (χ2v) is 7.72. The summed E-state index contributed by atoms with van der Waals surface area (Å²) in [5, 5.41) is 3.76. The highest BCUT2D eigenvalue weighted by molar-refractivity contribution is 7.92. The van der Waals surface area contributed by atoms with Gasteiger partial charge in [-0.15, -0.1) is 0 Å². The molecule has 1 saturated heterocycles. The zero-order valence-corrected chi connectivity index (χ0v) is 14.5. The van der Waals surface area contributed by atoms with Crippen LogP contribution in [0.3, 0.4) is 0 Å². The van der Waals surface area contributed by atoms with Crippen LogP contribution < -0.4 is 9.62 Å². The van der Waals surface area contributed by atoms with Gasteiger partial charge in [-0.25, -0.2) is 8.42 Å². The fraction of sp³-hybridized carbons (Fsp3) is 0.167. The van der Waals surface area contributed by atoms with Gasteiger partial charge in [0.25, 0.3) is 15.9 Å². The minimum absolute atomic E-state index is 0.261. The molecule has 1 fully saturated rings. The van der Waals surface area contributed by atoms with Crippen LogP contribution in [0.15, 0.2) is 59.2 Å². The summed E-state index contributed by atoms with van der Waals surface area (Å²) >= 11 is 0. The van der Waals surface area contributed by atoms with Crippen molar-refractivity contribution < 1.29 is 22.4 Å². The number of ether oxygens (including phenoxy) is 1. The first-order valence-electron chi connectivity index (χ1n) is 8.00. The van der Waals surface area contributed by atoms with Crippen molar-refractivity contribution in [3.8, 4) is 0 Å². The summed E-state index contributed by atoms with van der Waals surface area (Å²) in [7, 11) is -3.47. The third-order valence-corrected chi connectivity index (χ3v) is 5.67. The molecule has 1 N–H and O–H groups in total. The van der Waals surface area contributed by atoms with Crippen LogP contribution in [0.2, 0.25) is 0 Å². The van der Waals surface area contributed by atoms with E-state index in [0.717, 1.165) is 5.39 Å². The first kappa shape index (κ1) is 16.6. The lowest BCUT2D eigenvalue weighted by Gasteiger charge is -2.28. The van der Waals surface area contributed by atoms with Gasteiger partial charge >= 0.3 is 0 Å². The monoisotopic (exact) mass is 372 g/mol. The quantitative estimate of drug-likeness (QED) is 0.764. The van der Waals surface area contributed by atoms with Gasteiger partial charge in [0.05, 0.1) is 25.1 Å². The van der Waals surface area contributed by atoms with E-state index in [2.05, 4.69) is 5.32 Å². The van der Waals surface area contributed by atoms with Gasteiger partial charge < -0.3 is 14.5 Å². The number of nitrogens with one attached hydrogen (secondary N) is 1. The highest BCUT2D eigenvalue weighted by Crippen LogP contribution is 2.23. The number of hydrogen-bond acceptors (Lipinski definition) is 5. The fourth-order valence-electron chi connectivity index (χ4n) is 2.82. The zero-order chi connectivity index (χ0) is 18.1. The van der Waals surface area contributed by atoms with Crippen LogP contribution in [0.1, 0.15) is 10.4 Å². The Hall–Kier alpha value is -2.84. The Balaban J connectivity index is 1.51. The normalized spacial score (nSPS) is 16.5. The lowest BCUT2D eigenvalue weighted by Crippen LogP contribution is -2.41. The van der Waals surface area contributed by atoms with Gasteiger partial charge in [-0.1, -0.05) is 0 Å². The molecule has 2 aromatic carbocycles. The molecule has 0 bridgehead atoms. The van der Waals surface area contributed by atoms with E-state index < -0.39 is 10.0 Å². The van der Waals surface area contributed by atoms with Crippen molar-refractivity contribution in [3.63, 3.8) is 0 Å². The molecule has 134 valence electrons. The number of amides is 1. The second kappa shape index (κ2) is 6.47. The molecular formula is C18H16N2O5S. The fourth-order valence-corrected chi connectivity index (χ4v) is 4.07. The maximum absolute atomic E-state index is 12.4. The summed E-state index contributed by atoms with van der Waals surface area (Å²) in [6, 6.07) is 13.7. The Labute approximate surface area is 150 Å². The molecule has 0 unspecified atom stereocenters. The maximum Gasteiger partial charge on any atom is 0.259 e. The largest absolute Gasteiger partial charge is 0.464 e. The number of anilines is 2. The first-order valence-corrected chi connectivity index (χ1v) is 9.61. The summed E-state index contributed by atoms with van der Waals surface area (Å²) < 4.78 is 35.7. The van der Waals surface area contributed by atoms with E-state index in [1.54, 1.807) is 42.7 Å². The summed E-state index contributed by atoms with van der Waals surface area (Å²) in [4.78, 5) is 12.4. The number of carbonyl (C=O) groups is 1. The van der Waals surface area contributed by atoms with Crippen LogP contribution in [0.25, 0.3) is 11.0 Å². The van der Waals surface area contributed by atoms with Crippen molar-refractivity contribution in [1.82, 2.24) is 0 Å². The number of sulfonamides is 1.